The molecule has 1 aromatic carbocycles. The van der Waals surface area contributed by atoms with E-state index in [2.05, 4.69) is 16.0 Å². The molecule has 1 spiro atoms. The molecule has 2 heterocycles. The Morgan fingerprint density at radius 1 is 1.11 bits per heavy atom. The molecule has 2 aromatic rings. The van der Waals surface area contributed by atoms with Gasteiger partial charge in [-0.05, 0) is 53.2 Å². The fraction of sp³-hybridized carbons (Fsp3) is 0.560. The Morgan fingerprint density at radius 2 is 1.77 bits per heavy atom. The predicted molar refractivity (Wildman–Crippen MR) is 129 cm³/mol. The van der Waals surface area contributed by atoms with Crippen molar-refractivity contribution in [2.24, 2.45) is 0 Å². The maximum Gasteiger partial charge on any atom is 0.419 e. The smallest absolute Gasteiger partial charge is 0.419 e. The van der Waals surface area contributed by atoms with E-state index in [9.17, 15) is 19.5 Å². The number of nitrogens with zero attached hydrogens (tertiary/aromatic N) is 1. The molecule has 10 heteroatoms. The Morgan fingerprint density at radius 3 is 2.34 bits per heavy atom. The second-order valence-corrected chi connectivity index (χ2v) is 11.3. The molecule has 0 radical (unpaired) electrons. The van der Waals surface area contributed by atoms with Crippen LogP contribution < -0.4 is 16.0 Å². The molecule has 4 rings (SSSR count). The van der Waals surface area contributed by atoms with Gasteiger partial charge in [0.25, 0.3) is 0 Å². The summed E-state index contributed by atoms with van der Waals surface area (Å²) in [5.74, 6) is -0.351. The molecule has 4 N–H and O–H groups in total. The molecule has 1 saturated heterocycles. The lowest BCUT2D eigenvalue weighted by molar-refractivity contribution is 0.0291. The van der Waals surface area contributed by atoms with E-state index in [-0.39, 0.29) is 12.5 Å². The second kappa shape index (κ2) is 8.15. The second-order valence-electron chi connectivity index (χ2n) is 11.3. The number of hydrogen-bond acceptors (Lipinski definition) is 6. The van der Waals surface area contributed by atoms with Crippen LogP contribution in [0.4, 0.5) is 14.4 Å². The Labute approximate surface area is 204 Å². The zero-order chi connectivity index (χ0) is 25.9. The van der Waals surface area contributed by atoms with Gasteiger partial charge in [0.1, 0.15) is 17.3 Å². The van der Waals surface area contributed by atoms with Gasteiger partial charge in [-0.3, -0.25) is 4.57 Å². The first-order valence-corrected chi connectivity index (χ1v) is 11.7. The van der Waals surface area contributed by atoms with Crippen LogP contribution in [0.3, 0.4) is 0 Å². The molecule has 1 unspecified atom stereocenters. The maximum atomic E-state index is 13.0. The number of hydrogen-bond donors (Lipinski definition) is 4. The summed E-state index contributed by atoms with van der Waals surface area (Å²) in [5.41, 5.74) is -0.665. The average Bonchev–Trinajstić information content (AvgIpc) is 3.28. The van der Waals surface area contributed by atoms with E-state index >= 15 is 0 Å². The zero-order valence-corrected chi connectivity index (χ0v) is 21.2. The standard InChI is InChI=1S/C25H34N4O6/c1-13-14-9-8-10-16-17(14)15(11-29(16)22(33)35-24(5,6)7)18(30)19(25(13)12-26-20(31)28-25)27-21(32)34-23(2,3)4/h8-11,13,18-19,30H,12H2,1-7H3,(H,27,32)(H2,26,28,31)/t13-,18?,19-,25-/m0/s1. The van der Waals surface area contributed by atoms with Crippen molar-refractivity contribution in [1.29, 1.82) is 0 Å². The highest BCUT2D eigenvalue weighted by Gasteiger charge is 2.55. The van der Waals surface area contributed by atoms with Crippen molar-refractivity contribution >= 4 is 29.1 Å². The van der Waals surface area contributed by atoms with Gasteiger partial charge in [-0.15, -0.1) is 0 Å². The SMILES string of the molecule is C[C@H]1c2cccc3c2c(cn3C(=O)OC(C)(C)C)C(O)[C@H](NC(=O)OC(C)(C)C)[C@]12CNC(=O)N2. The molecule has 3 amide bonds. The van der Waals surface area contributed by atoms with Gasteiger partial charge in [0.2, 0.25) is 0 Å². The Bertz CT molecular complexity index is 1190. The fourth-order valence-corrected chi connectivity index (χ4v) is 5.02. The number of aliphatic hydroxyl groups is 1. The lowest BCUT2D eigenvalue weighted by Crippen LogP contribution is -2.65. The van der Waals surface area contributed by atoms with Gasteiger partial charge in [-0.2, -0.15) is 0 Å². The molecule has 10 nitrogen and oxygen atoms in total. The van der Waals surface area contributed by atoms with Crippen LogP contribution in [0.5, 0.6) is 0 Å². The summed E-state index contributed by atoms with van der Waals surface area (Å²) < 4.78 is 12.4. The molecular weight excluding hydrogens is 452 g/mol. The number of rotatable bonds is 1. The van der Waals surface area contributed by atoms with Crippen LogP contribution in [-0.2, 0) is 9.47 Å². The number of alkyl carbamates (subject to hydrolysis) is 1. The molecule has 2 aliphatic rings. The van der Waals surface area contributed by atoms with Crippen molar-refractivity contribution in [1.82, 2.24) is 20.5 Å². The lowest BCUT2D eigenvalue weighted by Gasteiger charge is -2.42. The highest BCUT2D eigenvalue weighted by molar-refractivity contribution is 5.95. The first kappa shape index (κ1) is 24.8. The predicted octanol–water partition coefficient (Wildman–Crippen LogP) is 3.52. The van der Waals surface area contributed by atoms with E-state index < -0.39 is 47.1 Å². The van der Waals surface area contributed by atoms with Crippen molar-refractivity contribution in [2.45, 2.75) is 83.3 Å². The summed E-state index contributed by atoms with van der Waals surface area (Å²) in [5, 5.41) is 20.9. The molecule has 35 heavy (non-hydrogen) atoms. The number of carbonyl (C=O) groups excluding carboxylic acids is 3. The molecule has 1 aliphatic heterocycles. The molecule has 1 fully saturated rings. The van der Waals surface area contributed by atoms with Crippen LogP contribution in [0.25, 0.3) is 10.9 Å². The van der Waals surface area contributed by atoms with Crippen LogP contribution in [-0.4, -0.2) is 57.2 Å². The van der Waals surface area contributed by atoms with E-state index in [1.165, 1.54) is 4.57 Å². The van der Waals surface area contributed by atoms with Crippen LogP contribution in [0.15, 0.2) is 24.4 Å². The van der Waals surface area contributed by atoms with Gasteiger partial charge in [0, 0.05) is 29.6 Å². The van der Waals surface area contributed by atoms with Crippen molar-refractivity contribution in [3.63, 3.8) is 0 Å². The van der Waals surface area contributed by atoms with E-state index in [4.69, 9.17) is 9.47 Å². The van der Waals surface area contributed by atoms with Gasteiger partial charge >= 0.3 is 18.2 Å². The van der Waals surface area contributed by atoms with E-state index in [0.717, 1.165) is 5.56 Å². The topological polar surface area (TPSA) is 131 Å². The quantitative estimate of drug-likeness (QED) is 0.488. The summed E-state index contributed by atoms with van der Waals surface area (Å²) in [6, 6.07) is 4.16. The molecular formula is C25H34N4O6. The van der Waals surface area contributed by atoms with Crippen molar-refractivity contribution in [3.8, 4) is 0 Å². The summed E-state index contributed by atoms with van der Waals surface area (Å²) in [4.78, 5) is 38.2. The number of aliphatic hydroxyl groups excluding tert-OH is 1. The first-order chi connectivity index (χ1) is 16.1. The minimum Gasteiger partial charge on any atom is -0.444 e. The lowest BCUT2D eigenvalue weighted by atomic mass is 9.75. The third-order valence-corrected chi connectivity index (χ3v) is 6.47. The van der Waals surface area contributed by atoms with Gasteiger partial charge in [-0.25, -0.2) is 14.4 Å². The van der Waals surface area contributed by atoms with Gasteiger partial charge in [0.15, 0.2) is 0 Å². The number of carbonyl (C=O) groups is 3. The fourth-order valence-electron chi connectivity index (χ4n) is 5.02. The van der Waals surface area contributed by atoms with Crippen LogP contribution in [0, 0.1) is 0 Å². The van der Waals surface area contributed by atoms with Crippen LogP contribution >= 0.6 is 0 Å². The number of urea groups is 1. The van der Waals surface area contributed by atoms with E-state index in [1.54, 1.807) is 53.8 Å². The summed E-state index contributed by atoms with van der Waals surface area (Å²) >= 11 is 0. The van der Waals surface area contributed by atoms with Crippen molar-refractivity contribution < 1.29 is 29.0 Å². The molecule has 1 aliphatic carbocycles. The zero-order valence-electron chi connectivity index (χ0n) is 21.2. The average molecular weight is 487 g/mol. The Hall–Kier alpha value is -3.27. The number of amides is 3. The van der Waals surface area contributed by atoms with Crippen molar-refractivity contribution in [3.05, 3.63) is 35.5 Å². The molecule has 1 aromatic heterocycles. The summed E-state index contributed by atoms with van der Waals surface area (Å²) in [6.45, 7) is 12.7. The number of aromatic nitrogens is 1. The number of benzene rings is 1. The van der Waals surface area contributed by atoms with E-state index in [1.807, 2.05) is 19.1 Å². The third kappa shape index (κ3) is 4.42. The summed E-state index contributed by atoms with van der Waals surface area (Å²) in [6.07, 6.45) is -1.01. The first-order valence-electron chi connectivity index (χ1n) is 11.7. The largest absolute Gasteiger partial charge is 0.444 e. The highest BCUT2D eigenvalue weighted by Crippen LogP contribution is 2.46. The van der Waals surface area contributed by atoms with E-state index in [0.29, 0.717) is 16.5 Å². The van der Waals surface area contributed by atoms with Crippen molar-refractivity contribution in [2.75, 3.05) is 6.54 Å². The minimum absolute atomic E-state index is 0.178. The third-order valence-electron chi connectivity index (χ3n) is 6.47. The molecule has 0 saturated carbocycles. The highest BCUT2D eigenvalue weighted by atomic mass is 16.6. The minimum atomic E-state index is -1.26. The van der Waals surface area contributed by atoms with Crippen LogP contribution in [0.1, 0.15) is 71.6 Å². The maximum absolute atomic E-state index is 13.0. The molecule has 190 valence electrons. The van der Waals surface area contributed by atoms with Crippen LogP contribution in [0.2, 0.25) is 0 Å². The van der Waals surface area contributed by atoms with Gasteiger partial charge in [-0.1, -0.05) is 19.1 Å². The number of nitrogens with one attached hydrogen (secondary N) is 3. The summed E-state index contributed by atoms with van der Waals surface area (Å²) in [7, 11) is 0. The Balaban J connectivity index is 1.87. The van der Waals surface area contributed by atoms with Gasteiger partial charge < -0.3 is 30.5 Å². The van der Waals surface area contributed by atoms with Gasteiger partial charge in [0.05, 0.1) is 17.1 Å². The molecule has 0 bridgehead atoms. The normalized spacial score (nSPS) is 26.2. The Kier molecular flexibility index (Phi) is 5.78. The molecule has 4 atom stereocenters. The monoisotopic (exact) mass is 486 g/mol. The number of ether oxygens (including phenoxy) is 2.